The van der Waals surface area contributed by atoms with Gasteiger partial charge in [0.2, 0.25) is 5.82 Å². The Labute approximate surface area is 150 Å². The first-order valence-electron chi connectivity index (χ1n) is 8.15. The molecule has 0 unspecified atom stereocenters. The van der Waals surface area contributed by atoms with Crippen molar-refractivity contribution in [1.82, 2.24) is 29.7 Å². The molecule has 0 aliphatic carbocycles. The van der Waals surface area contributed by atoms with E-state index in [9.17, 15) is 13.2 Å². The third kappa shape index (κ3) is 2.52. The topological polar surface area (TPSA) is 75.5 Å². The Balaban J connectivity index is 1.57. The molecule has 1 aliphatic rings. The molecule has 4 aromatic rings. The summed E-state index contributed by atoms with van der Waals surface area (Å²) >= 11 is 0. The molecule has 0 bridgehead atoms. The zero-order valence-corrected chi connectivity index (χ0v) is 13.8. The number of nitrogens with one attached hydrogen (secondary N) is 1. The van der Waals surface area contributed by atoms with Crippen molar-refractivity contribution >= 4 is 17.0 Å². The van der Waals surface area contributed by atoms with Crippen molar-refractivity contribution in [2.24, 2.45) is 0 Å². The van der Waals surface area contributed by atoms with Crippen LogP contribution in [0.25, 0.3) is 16.9 Å². The quantitative estimate of drug-likeness (QED) is 0.586. The van der Waals surface area contributed by atoms with Crippen LogP contribution in [0, 0.1) is 0 Å². The summed E-state index contributed by atoms with van der Waals surface area (Å²) in [7, 11) is 0. The number of hydrogen-bond donors (Lipinski definition) is 1. The fourth-order valence-electron chi connectivity index (χ4n) is 3.27. The second-order valence-electron chi connectivity index (χ2n) is 6.19. The largest absolute Gasteiger partial charge is 0.451 e. The van der Waals surface area contributed by atoms with Gasteiger partial charge in [-0.05, 0) is 12.1 Å². The van der Waals surface area contributed by atoms with Crippen LogP contribution in [0.3, 0.4) is 0 Å². The molecule has 1 aliphatic heterocycles. The maximum Gasteiger partial charge on any atom is 0.451 e. The molecule has 0 amide bonds. The number of aromatic amines is 1. The van der Waals surface area contributed by atoms with E-state index in [1.807, 2.05) is 30.3 Å². The molecule has 3 aromatic heterocycles. The van der Waals surface area contributed by atoms with Crippen LogP contribution >= 0.6 is 0 Å². The van der Waals surface area contributed by atoms with Gasteiger partial charge in [-0.2, -0.15) is 18.3 Å². The fraction of sp³-hybridized carbons (Fsp3) is 0.176. The van der Waals surface area contributed by atoms with Crippen LogP contribution in [0.5, 0.6) is 0 Å². The van der Waals surface area contributed by atoms with E-state index < -0.39 is 12.0 Å². The van der Waals surface area contributed by atoms with Gasteiger partial charge in [-0.1, -0.05) is 18.2 Å². The molecule has 5 rings (SSSR count). The van der Waals surface area contributed by atoms with Crippen molar-refractivity contribution < 1.29 is 13.2 Å². The molecule has 4 heterocycles. The zero-order chi connectivity index (χ0) is 18.6. The van der Waals surface area contributed by atoms with Crippen LogP contribution in [-0.2, 0) is 19.3 Å². The number of hydrogen-bond acceptors (Lipinski definition) is 5. The Morgan fingerprint density at radius 3 is 2.63 bits per heavy atom. The molecule has 0 fully saturated rings. The highest BCUT2D eigenvalue weighted by Gasteiger charge is 2.37. The number of fused-ring (bicyclic) bond motifs is 2. The Bertz CT molecular complexity index is 1130. The standard InChI is InChI=1S/C17H12F3N7/c18-17(19,20)16-24-14-13(21-9-22-14)15(25-16)26-7-10-6-23-27(12(10)8-26)11-4-2-1-3-5-11/h1-6,9H,7-8H2,(H,21,22,24,25). The summed E-state index contributed by atoms with van der Waals surface area (Å²) in [6, 6.07) is 9.58. The van der Waals surface area contributed by atoms with E-state index in [1.165, 1.54) is 6.33 Å². The highest BCUT2D eigenvalue weighted by molar-refractivity contribution is 5.83. The second-order valence-corrected chi connectivity index (χ2v) is 6.19. The first-order valence-corrected chi connectivity index (χ1v) is 8.15. The maximum atomic E-state index is 13.2. The minimum atomic E-state index is -4.64. The van der Waals surface area contributed by atoms with E-state index >= 15 is 0 Å². The Hall–Kier alpha value is -3.43. The lowest BCUT2D eigenvalue weighted by Gasteiger charge is -2.19. The number of benzene rings is 1. The molecule has 10 heteroatoms. The van der Waals surface area contributed by atoms with Crippen LogP contribution in [0.2, 0.25) is 0 Å². The van der Waals surface area contributed by atoms with Gasteiger partial charge in [-0.25, -0.2) is 19.6 Å². The fourth-order valence-corrected chi connectivity index (χ4v) is 3.27. The molecule has 0 atom stereocenters. The highest BCUT2D eigenvalue weighted by Crippen LogP contribution is 2.34. The molecule has 1 aromatic carbocycles. The smallest absolute Gasteiger partial charge is 0.344 e. The number of imidazole rings is 1. The average molecular weight is 371 g/mol. The number of aromatic nitrogens is 6. The molecule has 136 valence electrons. The number of halogens is 3. The predicted octanol–water partition coefficient (Wildman–Crippen LogP) is 3.08. The summed E-state index contributed by atoms with van der Waals surface area (Å²) in [5.74, 6) is -1.02. The van der Waals surface area contributed by atoms with Crippen LogP contribution in [0.15, 0.2) is 42.9 Å². The van der Waals surface area contributed by atoms with E-state index in [2.05, 4.69) is 25.0 Å². The van der Waals surface area contributed by atoms with Gasteiger partial charge in [0.25, 0.3) is 0 Å². The van der Waals surface area contributed by atoms with Crippen LogP contribution in [0.1, 0.15) is 17.1 Å². The number of alkyl halides is 3. The number of H-pyrrole nitrogens is 1. The summed E-state index contributed by atoms with van der Waals surface area (Å²) in [6.07, 6.45) is -1.59. The van der Waals surface area contributed by atoms with Crippen LogP contribution in [0.4, 0.5) is 19.0 Å². The molecule has 1 N–H and O–H groups in total. The molecule has 0 spiro atoms. The molecule has 7 nitrogen and oxygen atoms in total. The summed E-state index contributed by atoms with van der Waals surface area (Å²) < 4.78 is 41.3. The van der Waals surface area contributed by atoms with Crippen molar-refractivity contribution in [3.8, 4) is 5.69 Å². The molecular weight excluding hydrogens is 359 g/mol. The van der Waals surface area contributed by atoms with E-state index in [1.54, 1.807) is 15.8 Å². The molecule has 0 saturated heterocycles. The van der Waals surface area contributed by atoms with Gasteiger partial charge in [0.15, 0.2) is 11.5 Å². The van der Waals surface area contributed by atoms with Crippen LogP contribution in [-0.4, -0.2) is 29.7 Å². The molecular formula is C17H12F3N7. The lowest BCUT2D eigenvalue weighted by Crippen LogP contribution is -2.21. The van der Waals surface area contributed by atoms with Gasteiger partial charge < -0.3 is 9.88 Å². The van der Waals surface area contributed by atoms with Crippen molar-refractivity contribution in [3.05, 3.63) is 59.9 Å². The maximum absolute atomic E-state index is 13.2. The molecule has 0 saturated carbocycles. The van der Waals surface area contributed by atoms with Gasteiger partial charge in [0, 0.05) is 12.1 Å². The third-order valence-electron chi connectivity index (χ3n) is 4.48. The molecule has 27 heavy (non-hydrogen) atoms. The lowest BCUT2D eigenvalue weighted by molar-refractivity contribution is -0.144. The first kappa shape index (κ1) is 15.8. The van der Waals surface area contributed by atoms with Gasteiger partial charge in [-0.15, -0.1) is 0 Å². The normalized spacial score (nSPS) is 14.1. The Morgan fingerprint density at radius 2 is 1.85 bits per heavy atom. The summed E-state index contributed by atoms with van der Waals surface area (Å²) in [4.78, 5) is 15.8. The van der Waals surface area contributed by atoms with E-state index in [0.717, 1.165) is 16.9 Å². The number of nitrogens with zero attached hydrogens (tertiary/aromatic N) is 6. The van der Waals surface area contributed by atoms with Crippen molar-refractivity contribution in [2.45, 2.75) is 19.3 Å². The van der Waals surface area contributed by atoms with Gasteiger partial charge in [-0.3, -0.25) is 0 Å². The Kier molecular flexibility index (Phi) is 3.24. The van der Waals surface area contributed by atoms with Crippen LogP contribution < -0.4 is 4.90 Å². The van der Waals surface area contributed by atoms with E-state index in [-0.39, 0.29) is 11.5 Å². The summed E-state index contributed by atoms with van der Waals surface area (Å²) in [5, 5.41) is 4.40. The first-order chi connectivity index (χ1) is 13.0. The van der Waals surface area contributed by atoms with Crippen molar-refractivity contribution in [2.75, 3.05) is 4.90 Å². The minimum Gasteiger partial charge on any atom is -0.344 e. The van der Waals surface area contributed by atoms with Crippen molar-refractivity contribution in [1.29, 1.82) is 0 Å². The van der Waals surface area contributed by atoms with Crippen molar-refractivity contribution in [3.63, 3.8) is 0 Å². The number of anilines is 1. The minimum absolute atomic E-state index is 0.00651. The third-order valence-corrected chi connectivity index (χ3v) is 4.48. The van der Waals surface area contributed by atoms with Gasteiger partial charge in [0.1, 0.15) is 5.52 Å². The Morgan fingerprint density at radius 1 is 1.04 bits per heavy atom. The zero-order valence-electron chi connectivity index (χ0n) is 13.8. The number of rotatable bonds is 2. The SMILES string of the molecule is FC(F)(F)c1nc(N2Cc3cnn(-c4ccccc4)c3C2)c2[nH]cnc2n1. The van der Waals surface area contributed by atoms with E-state index in [0.29, 0.717) is 18.6 Å². The van der Waals surface area contributed by atoms with Gasteiger partial charge in [0.05, 0.1) is 30.5 Å². The second kappa shape index (κ2) is 5.53. The predicted molar refractivity (Wildman–Crippen MR) is 90.1 cm³/mol. The lowest BCUT2D eigenvalue weighted by atomic mass is 10.3. The number of para-hydroxylation sites is 1. The summed E-state index contributed by atoms with van der Waals surface area (Å²) in [6.45, 7) is 0.789. The summed E-state index contributed by atoms with van der Waals surface area (Å²) in [5.41, 5.74) is 3.13. The van der Waals surface area contributed by atoms with Gasteiger partial charge >= 0.3 is 6.18 Å². The monoisotopic (exact) mass is 371 g/mol. The highest BCUT2D eigenvalue weighted by atomic mass is 19.4. The molecule has 0 radical (unpaired) electrons. The average Bonchev–Trinajstić information content (AvgIpc) is 3.35. The van der Waals surface area contributed by atoms with E-state index in [4.69, 9.17) is 0 Å².